The maximum absolute atomic E-state index is 12.7. The lowest BCUT2D eigenvalue weighted by molar-refractivity contribution is 0.0994. The Labute approximate surface area is 131 Å². The summed E-state index contributed by atoms with van der Waals surface area (Å²) in [4.78, 5) is 14.3. The minimum atomic E-state index is -0.0818. The number of benzene rings is 2. The highest BCUT2D eigenvalue weighted by atomic mass is 79.9. The first kappa shape index (κ1) is 13.9. The first-order valence-corrected chi connectivity index (χ1v) is 7.37. The lowest BCUT2D eigenvalue weighted by atomic mass is 10.1. The lowest BCUT2D eigenvalue weighted by Crippen LogP contribution is -2.26. The molecule has 0 spiro atoms. The van der Waals surface area contributed by atoms with Crippen LogP contribution in [0.1, 0.15) is 15.9 Å². The van der Waals surface area contributed by atoms with Gasteiger partial charge < -0.3 is 9.32 Å². The van der Waals surface area contributed by atoms with Gasteiger partial charge in [0.2, 0.25) is 0 Å². The first-order chi connectivity index (χ1) is 10.1. The quantitative estimate of drug-likeness (QED) is 0.670. The summed E-state index contributed by atoms with van der Waals surface area (Å²) in [5, 5.41) is 0.836. The van der Waals surface area contributed by atoms with Gasteiger partial charge in [0.25, 0.3) is 5.91 Å². The molecule has 1 aromatic heterocycles. The third-order valence-corrected chi connectivity index (χ3v) is 4.43. The van der Waals surface area contributed by atoms with Crippen molar-refractivity contribution in [2.75, 3.05) is 11.9 Å². The second-order valence-corrected chi connectivity index (χ2v) is 5.80. The molecule has 0 atom stereocenters. The molecule has 1 amide bonds. The fourth-order valence-electron chi connectivity index (χ4n) is 2.28. The summed E-state index contributed by atoms with van der Waals surface area (Å²) in [5.74, 6) is -0.0818. The van der Waals surface area contributed by atoms with Crippen LogP contribution >= 0.6 is 15.9 Å². The summed E-state index contributed by atoms with van der Waals surface area (Å²) < 4.78 is 6.47. The van der Waals surface area contributed by atoms with Crippen molar-refractivity contribution in [3.05, 3.63) is 64.3 Å². The largest absolute Gasteiger partial charge is 0.463 e. The number of nitrogens with zero attached hydrogens (tertiary/aromatic N) is 1. The third-order valence-electron chi connectivity index (χ3n) is 3.54. The Morgan fingerprint density at radius 1 is 1.19 bits per heavy atom. The zero-order valence-electron chi connectivity index (χ0n) is 11.8. The van der Waals surface area contributed by atoms with Crippen LogP contribution < -0.4 is 4.90 Å². The van der Waals surface area contributed by atoms with Crippen molar-refractivity contribution >= 4 is 38.5 Å². The summed E-state index contributed by atoms with van der Waals surface area (Å²) in [5.41, 5.74) is 3.24. The highest BCUT2D eigenvalue weighted by Crippen LogP contribution is 2.26. The molecule has 0 radical (unpaired) electrons. The standard InChI is InChI=1S/C17H14BrNO2/c1-11-9-12(7-8-15(11)18)19(2)17(20)14-10-21-16-6-4-3-5-13(14)16/h3-10H,1-2H3. The molecule has 3 nitrogen and oxygen atoms in total. The van der Waals surface area contributed by atoms with Gasteiger partial charge in [0.05, 0.1) is 5.56 Å². The molecule has 21 heavy (non-hydrogen) atoms. The summed E-state index contributed by atoms with van der Waals surface area (Å²) >= 11 is 3.47. The number of carbonyl (C=O) groups is 1. The zero-order valence-corrected chi connectivity index (χ0v) is 13.3. The molecule has 0 saturated heterocycles. The zero-order chi connectivity index (χ0) is 15.0. The summed E-state index contributed by atoms with van der Waals surface area (Å²) in [6.07, 6.45) is 1.52. The predicted molar refractivity (Wildman–Crippen MR) is 87.8 cm³/mol. The Morgan fingerprint density at radius 2 is 1.95 bits per heavy atom. The first-order valence-electron chi connectivity index (χ1n) is 6.58. The molecule has 0 saturated carbocycles. The number of furan rings is 1. The Balaban J connectivity index is 1.99. The van der Waals surface area contributed by atoms with Gasteiger partial charge in [0, 0.05) is 22.6 Å². The number of carbonyl (C=O) groups excluding carboxylic acids is 1. The molecule has 106 valence electrons. The monoisotopic (exact) mass is 343 g/mol. The number of fused-ring (bicyclic) bond motifs is 1. The van der Waals surface area contributed by atoms with Crippen molar-refractivity contribution in [2.24, 2.45) is 0 Å². The third kappa shape index (κ3) is 2.47. The van der Waals surface area contributed by atoms with Gasteiger partial charge in [-0.1, -0.05) is 34.1 Å². The van der Waals surface area contributed by atoms with Crippen molar-refractivity contribution in [3.8, 4) is 0 Å². The Hall–Kier alpha value is -2.07. The molecule has 1 heterocycles. The maximum atomic E-state index is 12.7. The highest BCUT2D eigenvalue weighted by molar-refractivity contribution is 9.10. The number of anilines is 1. The van der Waals surface area contributed by atoms with Crippen LogP contribution in [0.5, 0.6) is 0 Å². The fraction of sp³-hybridized carbons (Fsp3) is 0.118. The molecule has 0 N–H and O–H groups in total. The van der Waals surface area contributed by atoms with Crippen LogP contribution in [0.15, 0.2) is 57.6 Å². The lowest BCUT2D eigenvalue weighted by Gasteiger charge is -2.17. The Bertz CT molecular complexity index is 823. The number of hydrogen-bond acceptors (Lipinski definition) is 2. The van der Waals surface area contributed by atoms with E-state index in [0.717, 1.165) is 26.7 Å². The van der Waals surface area contributed by atoms with E-state index in [0.29, 0.717) is 5.56 Å². The van der Waals surface area contributed by atoms with Crippen LogP contribution in [-0.2, 0) is 0 Å². The molecule has 0 fully saturated rings. The molecule has 0 aliphatic rings. The van der Waals surface area contributed by atoms with Crippen LogP contribution in [0.4, 0.5) is 5.69 Å². The topological polar surface area (TPSA) is 33.5 Å². The number of para-hydroxylation sites is 1. The van der Waals surface area contributed by atoms with E-state index in [2.05, 4.69) is 15.9 Å². The van der Waals surface area contributed by atoms with Crippen molar-refractivity contribution in [1.29, 1.82) is 0 Å². The molecular formula is C17H14BrNO2. The van der Waals surface area contributed by atoms with Crippen molar-refractivity contribution in [2.45, 2.75) is 6.92 Å². The number of rotatable bonds is 2. The molecule has 0 aliphatic carbocycles. The molecule has 0 bridgehead atoms. The van der Waals surface area contributed by atoms with Gasteiger partial charge in [-0.2, -0.15) is 0 Å². The number of hydrogen-bond donors (Lipinski definition) is 0. The minimum absolute atomic E-state index is 0.0818. The molecule has 3 aromatic rings. The van der Waals surface area contributed by atoms with Crippen LogP contribution in [-0.4, -0.2) is 13.0 Å². The summed E-state index contributed by atoms with van der Waals surface area (Å²) in [6.45, 7) is 2.00. The highest BCUT2D eigenvalue weighted by Gasteiger charge is 2.18. The van der Waals surface area contributed by atoms with Gasteiger partial charge in [-0.05, 0) is 36.8 Å². The van der Waals surface area contributed by atoms with E-state index in [-0.39, 0.29) is 5.91 Å². The van der Waals surface area contributed by atoms with E-state index in [1.165, 1.54) is 6.26 Å². The van der Waals surface area contributed by atoms with Gasteiger partial charge in [0.15, 0.2) is 0 Å². The second-order valence-electron chi connectivity index (χ2n) is 4.94. The molecule has 0 aliphatic heterocycles. The Morgan fingerprint density at radius 3 is 2.71 bits per heavy atom. The molecule has 3 rings (SSSR count). The summed E-state index contributed by atoms with van der Waals surface area (Å²) in [6, 6.07) is 13.4. The van der Waals surface area contributed by atoms with Gasteiger partial charge in [-0.25, -0.2) is 0 Å². The predicted octanol–water partition coefficient (Wildman–Crippen LogP) is 4.78. The van der Waals surface area contributed by atoms with E-state index in [4.69, 9.17) is 4.42 Å². The fourth-order valence-corrected chi connectivity index (χ4v) is 2.53. The van der Waals surface area contributed by atoms with E-state index in [9.17, 15) is 4.79 Å². The average Bonchev–Trinajstić information content (AvgIpc) is 2.92. The van der Waals surface area contributed by atoms with Crippen LogP contribution in [0, 0.1) is 6.92 Å². The van der Waals surface area contributed by atoms with E-state index in [1.54, 1.807) is 11.9 Å². The van der Waals surface area contributed by atoms with Crippen LogP contribution in [0.3, 0.4) is 0 Å². The molecule has 4 heteroatoms. The molecule has 0 unspecified atom stereocenters. The van der Waals surface area contributed by atoms with E-state index in [1.807, 2.05) is 49.4 Å². The van der Waals surface area contributed by atoms with Gasteiger partial charge in [0.1, 0.15) is 11.8 Å². The number of aryl methyl sites for hydroxylation is 1. The van der Waals surface area contributed by atoms with Crippen molar-refractivity contribution in [1.82, 2.24) is 0 Å². The van der Waals surface area contributed by atoms with Crippen molar-refractivity contribution < 1.29 is 9.21 Å². The number of halogens is 1. The van der Waals surface area contributed by atoms with Gasteiger partial charge >= 0.3 is 0 Å². The van der Waals surface area contributed by atoms with Crippen molar-refractivity contribution in [3.63, 3.8) is 0 Å². The SMILES string of the molecule is Cc1cc(N(C)C(=O)c2coc3ccccc23)ccc1Br. The smallest absolute Gasteiger partial charge is 0.261 e. The van der Waals surface area contributed by atoms with Crippen LogP contribution in [0.25, 0.3) is 11.0 Å². The number of amides is 1. The second kappa shape index (κ2) is 5.37. The van der Waals surface area contributed by atoms with E-state index < -0.39 is 0 Å². The van der Waals surface area contributed by atoms with Gasteiger partial charge in [-0.3, -0.25) is 4.79 Å². The molecule has 2 aromatic carbocycles. The van der Waals surface area contributed by atoms with Crippen LogP contribution in [0.2, 0.25) is 0 Å². The Kier molecular flexibility index (Phi) is 3.55. The van der Waals surface area contributed by atoms with E-state index >= 15 is 0 Å². The van der Waals surface area contributed by atoms with Gasteiger partial charge in [-0.15, -0.1) is 0 Å². The molecular weight excluding hydrogens is 330 g/mol. The maximum Gasteiger partial charge on any atom is 0.261 e. The normalized spacial score (nSPS) is 10.8. The average molecular weight is 344 g/mol. The minimum Gasteiger partial charge on any atom is -0.463 e. The summed E-state index contributed by atoms with van der Waals surface area (Å²) in [7, 11) is 1.77.